The fraction of sp³-hybridized carbons (Fsp3) is 0.333. The molecule has 0 radical (unpaired) electrons. The van der Waals surface area contributed by atoms with Crippen molar-refractivity contribution in [2.75, 3.05) is 19.8 Å². The van der Waals surface area contributed by atoms with Crippen LogP contribution in [0.25, 0.3) is 11.1 Å². The van der Waals surface area contributed by atoms with Gasteiger partial charge in [0.25, 0.3) is 0 Å². The Morgan fingerprint density at radius 1 is 0.958 bits per heavy atom. The van der Waals surface area contributed by atoms with E-state index in [2.05, 4.69) is 36.1 Å². The zero-order valence-electron chi connectivity index (χ0n) is 13.7. The van der Waals surface area contributed by atoms with Crippen LogP contribution in [0, 0.1) is 11.8 Å². The van der Waals surface area contributed by atoms with Crippen LogP contribution in [0.5, 0.6) is 5.75 Å². The van der Waals surface area contributed by atoms with Gasteiger partial charge in [-0.25, -0.2) is 0 Å². The van der Waals surface area contributed by atoms with Crippen molar-refractivity contribution in [2.45, 2.75) is 25.4 Å². The van der Waals surface area contributed by atoms with Gasteiger partial charge in [0, 0.05) is 24.8 Å². The molecule has 0 spiro atoms. The summed E-state index contributed by atoms with van der Waals surface area (Å²) in [6, 6.07) is 16.4. The Labute approximate surface area is 143 Å². The lowest BCUT2D eigenvalue weighted by molar-refractivity contribution is 0.0256. The second-order valence-corrected chi connectivity index (χ2v) is 5.81. The van der Waals surface area contributed by atoms with Crippen LogP contribution in [0.2, 0.25) is 0 Å². The van der Waals surface area contributed by atoms with Crippen molar-refractivity contribution in [3.05, 3.63) is 54.1 Å². The lowest BCUT2D eigenvalue weighted by atomic mass is 10.0. The fourth-order valence-electron chi connectivity index (χ4n) is 2.68. The summed E-state index contributed by atoms with van der Waals surface area (Å²) in [5.41, 5.74) is 3.27. The van der Waals surface area contributed by atoms with Crippen molar-refractivity contribution < 1.29 is 14.6 Å². The summed E-state index contributed by atoms with van der Waals surface area (Å²) in [6.07, 6.45) is 2.69. The van der Waals surface area contributed by atoms with Crippen LogP contribution in [0.3, 0.4) is 0 Å². The zero-order valence-corrected chi connectivity index (χ0v) is 13.7. The molecule has 0 bridgehead atoms. The first-order chi connectivity index (χ1) is 11.8. The Balaban J connectivity index is 1.63. The Morgan fingerprint density at radius 3 is 2.21 bits per heavy atom. The van der Waals surface area contributed by atoms with Gasteiger partial charge in [0.05, 0.1) is 19.8 Å². The van der Waals surface area contributed by atoms with Gasteiger partial charge in [-0.05, 0) is 35.4 Å². The molecule has 24 heavy (non-hydrogen) atoms. The third kappa shape index (κ3) is 4.61. The van der Waals surface area contributed by atoms with Gasteiger partial charge >= 0.3 is 0 Å². The number of rotatable bonds is 4. The number of hydrogen-bond donors (Lipinski definition) is 1. The third-order valence-electron chi connectivity index (χ3n) is 4.01. The van der Waals surface area contributed by atoms with E-state index in [-0.39, 0.29) is 12.7 Å². The minimum atomic E-state index is 0.105. The standard InChI is InChI=1S/C21H22O3/c22-14-2-1-3-17-4-6-18(7-5-17)19-8-10-20(11-9-19)24-21-12-15-23-16-13-21/h4-11,21-22H,2,12-16H2. The highest BCUT2D eigenvalue weighted by Gasteiger charge is 2.15. The third-order valence-corrected chi connectivity index (χ3v) is 4.01. The molecule has 0 aliphatic carbocycles. The van der Waals surface area contributed by atoms with E-state index in [0.29, 0.717) is 6.42 Å². The summed E-state index contributed by atoms with van der Waals surface area (Å²) < 4.78 is 11.4. The molecular weight excluding hydrogens is 300 g/mol. The van der Waals surface area contributed by atoms with Crippen LogP contribution in [0.15, 0.2) is 48.5 Å². The topological polar surface area (TPSA) is 38.7 Å². The first-order valence-electron chi connectivity index (χ1n) is 8.40. The lowest BCUT2D eigenvalue weighted by Crippen LogP contribution is -2.25. The molecule has 1 saturated heterocycles. The van der Waals surface area contributed by atoms with Crippen molar-refractivity contribution in [3.63, 3.8) is 0 Å². The first kappa shape index (κ1) is 16.6. The van der Waals surface area contributed by atoms with E-state index < -0.39 is 0 Å². The van der Waals surface area contributed by atoms with Gasteiger partial charge in [0.15, 0.2) is 0 Å². The van der Waals surface area contributed by atoms with E-state index in [0.717, 1.165) is 48.5 Å². The number of ether oxygens (including phenoxy) is 2. The van der Waals surface area contributed by atoms with Crippen LogP contribution in [0.4, 0.5) is 0 Å². The molecule has 0 saturated carbocycles. The minimum absolute atomic E-state index is 0.105. The average molecular weight is 322 g/mol. The molecule has 1 aliphatic rings. The number of aliphatic hydroxyl groups excluding tert-OH is 1. The molecule has 1 aliphatic heterocycles. The summed E-state index contributed by atoms with van der Waals surface area (Å²) in [5.74, 6) is 6.88. The molecule has 1 fully saturated rings. The summed E-state index contributed by atoms with van der Waals surface area (Å²) >= 11 is 0. The lowest BCUT2D eigenvalue weighted by Gasteiger charge is -2.23. The predicted octanol–water partition coefficient (Wildman–Crippen LogP) is 3.65. The van der Waals surface area contributed by atoms with Crippen molar-refractivity contribution in [2.24, 2.45) is 0 Å². The van der Waals surface area contributed by atoms with E-state index in [9.17, 15) is 0 Å². The quantitative estimate of drug-likeness (QED) is 0.873. The Morgan fingerprint density at radius 2 is 1.58 bits per heavy atom. The Kier molecular flexibility index (Phi) is 5.90. The van der Waals surface area contributed by atoms with E-state index >= 15 is 0 Å². The highest BCUT2D eigenvalue weighted by molar-refractivity contribution is 5.65. The average Bonchev–Trinajstić information content (AvgIpc) is 2.64. The summed E-state index contributed by atoms with van der Waals surface area (Å²) in [7, 11) is 0. The first-order valence-corrected chi connectivity index (χ1v) is 8.40. The second kappa shape index (κ2) is 8.54. The van der Waals surface area contributed by atoms with Crippen molar-refractivity contribution in [1.82, 2.24) is 0 Å². The molecule has 3 rings (SSSR count). The van der Waals surface area contributed by atoms with Gasteiger partial charge in [-0.15, -0.1) is 0 Å². The van der Waals surface area contributed by atoms with Gasteiger partial charge in [0.1, 0.15) is 11.9 Å². The van der Waals surface area contributed by atoms with Gasteiger partial charge in [-0.3, -0.25) is 0 Å². The minimum Gasteiger partial charge on any atom is -0.490 e. The molecule has 0 atom stereocenters. The maximum atomic E-state index is 8.74. The maximum Gasteiger partial charge on any atom is 0.119 e. The van der Waals surface area contributed by atoms with Crippen LogP contribution in [-0.4, -0.2) is 31.0 Å². The summed E-state index contributed by atoms with van der Waals surface area (Å²) in [6.45, 7) is 1.68. The van der Waals surface area contributed by atoms with Crippen LogP contribution < -0.4 is 4.74 Å². The highest BCUT2D eigenvalue weighted by Crippen LogP contribution is 2.24. The number of hydrogen-bond acceptors (Lipinski definition) is 3. The van der Waals surface area contributed by atoms with E-state index in [1.807, 2.05) is 24.3 Å². The van der Waals surface area contributed by atoms with Crippen LogP contribution in [-0.2, 0) is 4.74 Å². The van der Waals surface area contributed by atoms with E-state index in [4.69, 9.17) is 14.6 Å². The van der Waals surface area contributed by atoms with Gasteiger partial charge in [0.2, 0.25) is 0 Å². The Bertz CT molecular complexity index is 687. The second-order valence-electron chi connectivity index (χ2n) is 5.81. The van der Waals surface area contributed by atoms with Crippen molar-refractivity contribution in [3.8, 4) is 28.7 Å². The summed E-state index contributed by atoms with van der Waals surface area (Å²) in [4.78, 5) is 0. The summed E-state index contributed by atoms with van der Waals surface area (Å²) in [5, 5.41) is 8.74. The van der Waals surface area contributed by atoms with Crippen LogP contribution in [0.1, 0.15) is 24.8 Å². The molecule has 3 heteroatoms. The largest absolute Gasteiger partial charge is 0.490 e. The molecule has 0 aromatic heterocycles. The molecule has 2 aromatic rings. The van der Waals surface area contributed by atoms with Gasteiger partial charge < -0.3 is 14.6 Å². The van der Waals surface area contributed by atoms with Crippen molar-refractivity contribution >= 4 is 0 Å². The zero-order chi connectivity index (χ0) is 16.6. The van der Waals surface area contributed by atoms with Gasteiger partial charge in [-0.1, -0.05) is 36.1 Å². The van der Waals surface area contributed by atoms with Gasteiger partial charge in [-0.2, -0.15) is 0 Å². The molecule has 0 unspecified atom stereocenters. The number of benzene rings is 2. The molecule has 1 heterocycles. The fourth-order valence-corrected chi connectivity index (χ4v) is 2.68. The molecule has 0 amide bonds. The van der Waals surface area contributed by atoms with Crippen molar-refractivity contribution in [1.29, 1.82) is 0 Å². The molecule has 124 valence electrons. The van der Waals surface area contributed by atoms with E-state index in [1.54, 1.807) is 0 Å². The SMILES string of the molecule is OCCC#Cc1ccc(-c2ccc(OC3CCOCC3)cc2)cc1. The van der Waals surface area contributed by atoms with Crippen LogP contribution >= 0.6 is 0 Å². The molecule has 2 aromatic carbocycles. The number of aliphatic hydroxyl groups is 1. The smallest absolute Gasteiger partial charge is 0.119 e. The normalized spacial score (nSPS) is 14.7. The highest BCUT2D eigenvalue weighted by atomic mass is 16.5. The molecule has 3 nitrogen and oxygen atoms in total. The molecule has 1 N–H and O–H groups in total. The predicted molar refractivity (Wildman–Crippen MR) is 94.9 cm³/mol. The monoisotopic (exact) mass is 322 g/mol. The molecular formula is C21H22O3. The maximum absolute atomic E-state index is 8.74. The van der Waals surface area contributed by atoms with E-state index in [1.165, 1.54) is 0 Å². The Hall–Kier alpha value is -2.28.